The molecule has 0 spiro atoms. The van der Waals surface area contributed by atoms with E-state index in [4.69, 9.17) is 11.1 Å². The standard InChI is InChI=1S/C17H34N2/c1-2-3-4-5-6-7-8-9-10-11-12-13-14-15-16-17(18)19/h15-16H,2-14H2,1H3,(H3,18,19)/b16-15+. The van der Waals surface area contributed by atoms with Gasteiger partial charge in [-0.2, -0.15) is 0 Å². The van der Waals surface area contributed by atoms with Crippen molar-refractivity contribution in [2.24, 2.45) is 5.73 Å². The van der Waals surface area contributed by atoms with Crippen LogP contribution in [-0.4, -0.2) is 5.84 Å². The molecule has 2 heteroatoms. The summed E-state index contributed by atoms with van der Waals surface area (Å²) in [6.45, 7) is 2.27. The van der Waals surface area contributed by atoms with Crippen LogP contribution in [0.2, 0.25) is 0 Å². The molecule has 0 bridgehead atoms. The third kappa shape index (κ3) is 17.2. The van der Waals surface area contributed by atoms with Gasteiger partial charge in [-0.05, 0) is 18.9 Å². The van der Waals surface area contributed by atoms with Crippen molar-refractivity contribution >= 4 is 5.84 Å². The summed E-state index contributed by atoms with van der Waals surface area (Å²) in [6.07, 6.45) is 21.4. The molecule has 0 rings (SSSR count). The summed E-state index contributed by atoms with van der Waals surface area (Å²) in [6, 6.07) is 0. The number of nitrogens with one attached hydrogen (secondary N) is 1. The van der Waals surface area contributed by atoms with Crippen LogP contribution < -0.4 is 5.73 Å². The Morgan fingerprint density at radius 2 is 1.21 bits per heavy atom. The van der Waals surface area contributed by atoms with Crippen LogP contribution >= 0.6 is 0 Å². The molecule has 0 heterocycles. The second kappa shape index (κ2) is 15.3. The van der Waals surface area contributed by atoms with Gasteiger partial charge in [0.2, 0.25) is 0 Å². The van der Waals surface area contributed by atoms with Crippen LogP contribution in [0.5, 0.6) is 0 Å². The average molecular weight is 266 g/mol. The molecule has 112 valence electrons. The maximum absolute atomic E-state index is 7.05. The molecule has 0 atom stereocenters. The maximum atomic E-state index is 7.05. The predicted molar refractivity (Wildman–Crippen MR) is 86.7 cm³/mol. The molecule has 3 N–H and O–H groups in total. The van der Waals surface area contributed by atoms with Gasteiger partial charge in [0, 0.05) is 0 Å². The van der Waals surface area contributed by atoms with Gasteiger partial charge in [0.15, 0.2) is 0 Å². The molecular weight excluding hydrogens is 232 g/mol. The van der Waals surface area contributed by atoms with Gasteiger partial charge in [-0.25, -0.2) is 0 Å². The van der Waals surface area contributed by atoms with E-state index in [9.17, 15) is 0 Å². The molecule has 0 aromatic heterocycles. The first-order valence-corrected chi connectivity index (χ1v) is 8.28. The van der Waals surface area contributed by atoms with Crippen molar-refractivity contribution in [3.05, 3.63) is 12.2 Å². The largest absolute Gasteiger partial charge is 0.384 e. The molecule has 0 aliphatic rings. The van der Waals surface area contributed by atoms with Gasteiger partial charge < -0.3 is 5.73 Å². The Kier molecular flexibility index (Phi) is 14.6. The summed E-state index contributed by atoms with van der Waals surface area (Å²) in [5.41, 5.74) is 5.24. The second-order valence-electron chi connectivity index (χ2n) is 5.54. The van der Waals surface area contributed by atoms with E-state index >= 15 is 0 Å². The molecule has 0 saturated carbocycles. The summed E-state index contributed by atoms with van der Waals surface area (Å²) < 4.78 is 0. The Labute approximate surface area is 120 Å². The monoisotopic (exact) mass is 266 g/mol. The molecule has 0 aromatic rings. The third-order valence-electron chi connectivity index (χ3n) is 3.52. The summed E-state index contributed by atoms with van der Waals surface area (Å²) in [5, 5.41) is 7.05. The van der Waals surface area contributed by atoms with Crippen LogP contribution in [0.15, 0.2) is 12.2 Å². The highest BCUT2D eigenvalue weighted by atomic mass is 14.7. The number of allylic oxidation sites excluding steroid dienone is 1. The van der Waals surface area contributed by atoms with Crippen LogP contribution in [0.3, 0.4) is 0 Å². The molecule has 19 heavy (non-hydrogen) atoms. The molecule has 2 nitrogen and oxygen atoms in total. The van der Waals surface area contributed by atoms with Gasteiger partial charge in [-0.15, -0.1) is 0 Å². The van der Waals surface area contributed by atoms with Gasteiger partial charge in [-0.3, -0.25) is 5.41 Å². The van der Waals surface area contributed by atoms with Gasteiger partial charge in [-0.1, -0.05) is 83.6 Å². The van der Waals surface area contributed by atoms with E-state index in [-0.39, 0.29) is 5.84 Å². The van der Waals surface area contributed by atoms with Crippen molar-refractivity contribution in [2.75, 3.05) is 0 Å². The number of unbranched alkanes of at least 4 members (excludes halogenated alkanes) is 12. The molecule has 0 amide bonds. The minimum absolute atomic E-state index is 0.166. The van der Waals surface area contributed by atoms with E-state index in [1.54, 1.807) is 6.08 Å². The topological polar surface area (TPSA) is 49.9 Å². The molecular formula is C17H34N2. The number of rotatable bonds is 14. The summed E-state index contributed by atoms with van der Waals surface area (Å²) in [5.74, 6) is 0.166. The summed E-state index contributed by atoms with van der Waals surface area (Å²) >= 11 is 0. The van der Waals surface area contributed by atoms with Crippen molar-refractivity contribution < 1.29 is 0 Å². The lowest BCUT2D eigenvalue weighted by Crippen LogP contribution is -2.03. The zero-order valence-electron chi connectivity index (χ0n) is 12.9. The highest BCUT2D eigenvalue weighted by molar-refractivity contribution is 5.88. The van der Waals surface area contributed by atoms with E-state index in [1.807, 2.05) is 6.08 Å². The van der Waals surface area contributed by atoms with E-state index < -0.39 is 0 Å². The number of hydrogen-bond acceptors (Lipinski definition) is 1. The minimum Gasteiger partial charge on any atom is -0.384 e. The maximum Gasteiger partial charge on any atom is 0.114 e. The zero-order valence-corrected chi connectivity index (χ0v) is 12.9. The molecule has 0 aromatic carbocycles. The highest BCUT2D eigenvalue weighted by Crippen LogP contribution is 2.12. The van der Waals surface area contributed by atoms with Crippen molar-refractivity contribution in [2.45, 2.75) is 90.4 Å². The normalized spacial score (nSPS) is 11.2. The Hall–Kier alpha value is -0.790. The molecule has 0 radical (unpaired) electrons. The predicted octanol–water partition coefficient (Wildman–Crippen LogP) is 5.57. The number of hydrogen-bond donors (Lipinski definition) is 2. The first-order chi connectivity index (χ1) is 9.27. The van der Waals surface area contributed by atoms with Crippen molar-refractivity contribution in [1.29, 1.82) is 5.41 Å². The van der Waals surface area contributed by atoms with Gasteiger partial charge in [0.05, 0.1) is 0 Å². The van der Waals surface area contributed by atoms with Crippen LogP contribution in [0.25, 0.3) is 0 Å². The Morgan fingerprint density at radius 3 is 1.63 bits per heavy atom. The van der Waals surface area contributed by atoms with Crippen molar-refractivity contribution in [3.8, 4) is 0 Å². The fraction of sp³-hybridized carbons (Fsp3) is 0.824. The minimum atomic E-state index is 0.166. The smallest absolute Gasteiger partial charge is 0.114 e. The zero-order chi connectivity index (χ0) is 14.2. The first-order valence-electron chi connectivity index (χ1n) is 8.28. The van der Waals surface area contributed by atoms with E-state index in [0.29, 0.717) is 0 Å². The Balaban J connectivity index is 3.01. The lowest BCUT2D eigenvalue weighted by atomic mass is 10.0. The van der Waals surface area contributed by atoms with E-state index in [2.05, 4.69) is 6.92 Å². The van der Waals surface area contributed by atoms with Crippen LogP contribution in [0.4, 0.5) is 0 Å². The summed E-state index contributed by atoms with van der Waals surface area (Å²) in [4.78, 5) is 0. The van der Waals surface area contributed by atoms with Crippen LogP contribution in [0.1, 0.15) is 90.4 Å². The van der Waals surface area contributed by atoms with Crippen LogP contribution in [0, 0.1) is 5.41 Å². The first kappa shape index (κ1) is 18.2. The number of nitrogens with two attached hydrogens (primary N) is 1. The fourth-order valence-corrected chi connectivity index (χ4v) is 2.31. The lowest BCUT2D eigenvalue weighted by molar-refractivity contribution is 0.545. The molecule has 0 aliphatic heterocycles. The quantitative estimate of drug-likeness (QED) is 0.241. The lowest BCUT2D eigenvalue weighted by Gasteiger charge is -2.02. The van der Waals surface area contributed by atoms with Crippen LogP contribution in [-0.2, 0) is 0 Å². The molecule has 0 fully saturated rings. The van der Waals surface area contributed by atoms with Crippen molar-refractivity contribution in [1.82, 2.24) is 0 Å². The average Bonchev–Trinajstić information content (AvgIpc) is 2.39. The Morgan fingerprint density at radius 1 is 0.789 bits per heavy atom. The SMILES string of the molecule is CCCCCCCCCCCCCC/C=C/C(=N)N. The fourth-order valence-electron chi connectivity index (χ4n) is 2.31. The Bertz CT molecular complexity index is 221. The number of amidine groups is 1. The third-order valence-corrected chi connectivity index (χ3v) is 3.52. The molecule has 0 saturated heterocycles. The second-order valence-corrected chi connectivity index (χ2v) is 5.54. The highest BCUT2D eigenvalue weighted by Gasteiger charge is 1.92. The van der Waals surface area contributed by atoms with Gasteiger partial charge in [0.25, 0.3) is 0 Å². The van der Waals surface area contributed by atoms with Crippen molar-refractivity contribution in [3.63, 3.8) is 0 Å². The molecule has 0 aliphatic carbocycles. The van der Waals surface area contributed by atoms with Gasteiger partial charge in [0.1, 0.15) is 5.84 Å². The van der Waals surface area contributed by atoms with E-state index in [0.717, 1.165) is 6.42 Å². The van der Waals surface area contributed by atoms with E-state index in [1.165, 1.54) is 77.0 Å². The van der Waals surface area contributed by atoms with Gasteiger partial charge >= 0.3 is 0 Å². The molecule has 0 unspecified atom stereocenters. The summed E-state index contributed by atoms with van der Waals surface area (Å²) in [7, 11) is 0.